The van der Waals surface area contributed by atoms with Gasteiger partial charge in [-0.1, -0.05) is 11.2 Å². The van der Waals surface area contributed by atoms with Crippen LogP contribution in [0.4, 0.5) is 13.2 Å². The zero-order valence-electron chi connectivity index (χ0n) is 15.0. The van der Waals surface area contributed by atoms with Crippen molar-refractivity contribution < 1.29 is 32.3 Å². The van der Waals surface area contributed by atoms with E-state index in [2.05, 4.69) is 26.1 Å². The van der Waals surface area contributed by atoms with E-state index in [9.17, 15) is 13.2 Å². The molecule has 11 heteroatoms. The molecule has 2 saturated heterocycles. The van der Waals surface area contributed by atoms with Crippen molar-refractivity contribution in [3.8, 4) is 0 Å². The van der Waals surface area contributed by atoms with Gasteiger partial charge in [-0.2, -0.15) is 18.2 Å². The van der Waals surface area contributed by atoms with Crippen LogP contribution in [-0.2, 0) is 21.5 Å². The smallest absolute Gasteiger partial charge is 0.475 e. The quantitative estimate of drug-likeness (QED) is 0.832. The molecule has 4 rings (SSSR count). The second-order valence-corrected chi connectivity index (χ2v) is 6.85. The molecule has 152 valence electrons. The highest BCUT2D eigenvalue weighted by Gasteiger charge is 2.55. The van der Waals surface area contributed by atoms with Gasteiger partial charge in [0.15, 0.2) is 5.82 Å². The van der Waals surface area contributed by atoms with Crippen LogP contribution < -0.4 is 0 Å². The Morgan fingerprint density at radius 1 is 1.46 bits per heavy atom. The van der Waals surface area contributed by atoms with Crippen molar-refractivity contribution in [3.05, 3.63) is 41.8 Å². The fourth-order valence-electron chi connectivity index (χ4n) is 3.51. The highest BCUT2D eigenvalue weighted by Crippen LogP contribution is 2.43. The summed E-state index contributed by atoms with van der Waals surface area (Å²) in [5.41, 5.74) is 1.10. The molecule has 2 fully saturated rings. The Morgan fingerprint density at radius 2 is 2.21 bits per heavy atom. The molecule has 4 heterocycles. The number of likely N-dealkylation sites (tertiary alicyclic amines) is 1. The van der Waals surface area contributed by atoms with Gasteiger partial charge in [0.05, 0.1) is 18.6 Å². The predicted molar refractivity (Wildman–Crippen MR) is 88.2 cm³/mol. The molecule has 2 aliphatic rings. The molecule has 0 spiro atoms. The zero-order valence-corrected chi connectivity index (χ0v) is 15.0. The normalized spacial score (nSPS) is 24.5. The highest BCUT2D eigenvalue weighted by molar-refractivity contribution is 5.73. The Morgan fingerprint density at radius 3 is 2.79 bits per heavy atom. The van der Waals surface area contributed by atoms with Gasteiger partial charge in [0, 0.05) is 37.9 Å². The summed E-state index contributed by atoms with van der Waals surface area (Å²) in [6.07, 6.45) is -1.35. The van der Waals surface area contributed by atoms with Crippen LogP contribution in [0.1, 0.15) is 17.3 Å². The Balaban J connectivity index is 0.000000279. The maximum atomic E-state index is 10.6. The summed E-state index contributed by atoms with van der Waals surface area (Å²) >= 11 is 0. The number of hydrogen-bond acceptors (Lipinski definition) is 7. The molecule has 0 bridgehead atoms. The van der Waals surface area contributed by atoms with Crippen molar-refractivity contribution in [1.82, 2.24) is 20.0 Å². The number of pyridine rings is 1. The number of alkyl halides is 3. The lowest BCUT2D eigenvalue weighted by molar-refractivity contribution is -0.192. The Bertz CT molecular complexity index is 814. The first-order chi connectivity index (χ1) is 13.2. The van der Waals surface area contributed by atoms with E-state index in [1.54, 1.807) is 6.20 Å². The molecule has 0 aliphatic carbocycles. The topological polar surface area (TPSA) is 102 Å². The van der Waals surface area contributed by atoms with E-state index in [0.29, 0.717) is 18.3 Å². The SMILES string of the molecule is Cc1noc([C@]23COC[C@H]2CN(Cc2cccnc2)C3)n1.O=C(O)C(F)(F)F. The van der Waals surface area contributed by atoms with Gasteiger partial charge in [0.1, 0.15) is 0 Å². The number of nitrogens with zero attached hydrogens (tertiary/aromatic N) is 4. The highest BCUT2D eigenvalue weighted by atomic mass is 19.4. The van der Waals surface area contributed by atoms with Gasteiger partial charge in [-0.15, -0.1) is 0 Å². The van der Waals surface area contributed by atoms with Gasteiger partial charge >= 0.3 is 12.1 Å². The largest absolute Gasteiger partial charge is 0.490 e. The number of carbonyl (C=O) groups is 1. The van der Waals surface area contributed by atoms with Gasteiger partial charge in [-0.3, -0.25) is 9.88 Å². The maximum Gasteiger partial charge on any atom is 0.490 e. The Hall–Kier alpha value is -2.53. The molecule has 0 unspecified atom stereocenters. The number of hydrogen-bond donors (Lipinski definition) is 1. The van der Waals surface area contributed by atoms with E-state index in [1.807, 2.05) is 19.2 Å². The molecule has 0 saturated carbocycles. The third-order valence-corrected chi connectivity index (χ3v) is 4.77. The Labute approximate surface area is 158 Å². The summed E-state index contributed by atoms with van der Waals surface area (Å²) in [7, 11) is 0. The molecule has 1 N–H and O–H groups in total. The minimum absolute atomic E-state index is 0.135. The minimum Gasteiger partial charge on any atom is -0.475 e. The van der Waals surface area contributed by atoms with Crippen LogP contribution in [0.5, 0.6) is 0 Å². The van der Waals surface area contributed by atoms with Crippen LogP contribution in [0.15, 0.2) is 29.0 Å². The summed E-state index contributed by atoms with van der Waals surface area (Å²) < 4.78 is 42.9. The van der Waals surface area contributed by atoms with Gasteiger partial charge in [-0.25, -0.2) is 4.79 Å². The van der Waals surface area contributed by atoms with Crippen LogP contribution in [0.3, 0.4) is 0 Å². The second kappa shape index (κ2) is 7.84. The van der Waals surface area contributed by atoms with Gasteiger partial charge in [-0.05, 0) is 18.6 Å². The molecular formula is C17H19F3N4O4. The van der Waals surface area contributed by atoms with Gasteiger partial charge < -0.3 is 14.4 Å². The fourth-order valence-corrected chi connectivity index (χ4v) is 3.51. The van der Waals surface area contributed by atoms with Crippen LogP contribution in [-0.4, -0.2) is 63.6 Å². The molecule has 0 radical (unpaired) electrons. The molecule has 0 amide bonds. The zero-order chi connectivity index (χ0) is 20.4. The summed E-state index contributed by atoms with van der Waals surface area (Å²) in [6.45, 7) is 6.09. The first-order valence-corrected chi connectivity index (χ1v) is 8.50. The first kappa shape index (κ1) is 20.2. The summed E-state index contributed by atoms with van der Waals surface area (Å²) in [5, 5.41) is 11.1. The fraction of sp³-hybridized carbons (Fsp3) is 0.529. The average molecular weight is 400 g/mol. The molecule has 8 nitrogen and oxygen atoms in total. The lowest BCUT2D eigenvalue weighted by Crippen LogP contribution is -2.35. The second-order valence-electron chi connectivity index (χ2n) is 6.85. The number of aromatic nitrogens is 3. The lowest BCUT2D eigenvalue weighted by atomic mass is 9.81. The predicted octanol–water partition coefficient (Wildman–Crippen LogP) is 1.81. The van der Waals surface area contributed by atoms with Crippen LogP contribution >= 0.6 is 0 Å². The van der Waals surface area contributed by atoms with Gasteiger partial charge in [0.2, 0.25) is 5.89 Å². The van der Waals surface area contributed by atoms with Crippen LogP contribution in [0.25, 0.3) is 0 Å². The molecule has 28 heavy (non-hydrogen) atoms. The van der Waals surface area contributed by atoms with Crippen molar-refractivity contribution in [2.24, 2.45) is 5.92 Å². The monoisotopic (exact) mass is 400 g/mol. The number of aryl methyl sites for hydroxylation is 1. The number of ether oxygens (including phenoxy) is 1. The van der Waals surface area contributed by atoms with Crippen LogP contribution in [0.2, 0.25) is 0 Å². The number of halogens is 3. The number of rotatable bonds is 3. The minimum atomic E-state index is -5.08. The summed E-state index contributed by atoms with van der Waals surface area (Å²) in [5.74, 6) is -0.909. The van der Waals surface area contributed by atoms with E-state index in [0.717, 1.165) is 32.1 Å². The number of carboxylic acids is 1. The molecule has 2 atom stereocenters. The lowest BCUT2D eigenvalue weighted by Gasteiger charge is -2.22. The van der Waals surface area contributed by atoms with Crippen molar-refractivity contribution in [2.45, 2.75) is 25.1 Å². The van der Waals surface area contributed by atoms with Crippen molar-refractivity contribution in [2.75, 3.05) is 26.3 Å². The summed E-state index contributed by atoms with van der Waals surface area (Å²) in [4.78, 5) is 20.0. The van der Waals surface area contributed by atoms with Crippen molar-refractivity contribution in [1.29, 1.82) is 0 Å². The summed E-state index contributed by atoms with van der Waals surface area (Å²) in [6, 6.07) is 4.09. The number of carboxylic acid groups (broad SMARTS) is 1. The van der Waals surface area contributed by atoms with E-state index in [4.69, 9.17) is 19.2 Å². The van der Waals surface area contributed by atoms with E-state index < -0.39 is 12.1 Å². The molecule has 2 aliphatic heterocycles. The number of fused-ring (bicyclic) bond motifs is 1. The number of aliphatic carboxylic acids is 1. The molecule has 0 aromatic carbocycles. The maximum absolute atomic E-state index is 10.6. The molecule has 2 aromatic heterocycles. The van der Waals surface area contributed by atoms with Crippen LogP contribution in [0, 0.1) is 12.8 Å². The van der Waals surface area contributed by atoms with E-state index >= 15 is 0 Å². The Kier molecular flexibility index (Phi) is 5.66. The first-order valence-electron chi connectivity index (χ1n) is 8.50. The standard InChI is InChI=1S/C15H18N4O2.C2HF3O2/c1-11-17-14(21-18-11)15-9-19(7-13(15)8-20-10-15)6-12-3-2-4-16-5-12;3-2(4,5)1(6)7/h2-5,13H,6-10H2,1H3;(H,6,7)/t13-,15-;/m1./s1. The van der Waals surface area contributed by atoms with Crippen molar-refractivity contribution >= 4 is 5.97 Å². The third kappa shape index (κ3) is 4.30. The molecular weight excluding hydrogens is 381 g/mol. The van der Waals surface area contributed by atoms with E-state index in [1.165, 1.54) is 5.56 Å². The molecule has 2 aromatic rings. The van der Waals surface area contributed by atoms with Gasteiger partial charge in [0.25, 0.3) is 0 Å². The van der Waals surface area contributed by atoms with Crippen molar-refractivity contribution in [3.63, 3.8) is 0 Å². The van der Waals surface area contributed by atoms with E-state index in [-0.39, 0.29) is 5.41 Å². The average Bonchev–Trinajstić information content (AvgIpc) is 3.30. The third-order valence-electron chi connectivity index (χ3n) is 4.77.